The van der Waals surface area contributed by atoms with Gasteiger partial charge in [-0.05, 0) is 12.5 Å². The van der Waals surface area contributed by atoms with Crippen molar-refractivity contribution < 1.29 is 14.7 Å². The van der Waals surface area contributed by atoms with Crippen molar-refractivity contribution in [1.29, 1.82) is 0 Å². The summed E-state index contributed by atoms with van der Waals surface area (Å²) in [5, 5.41) is 19.5. The lowest BCUT2D eigenvalue weighted by Crippen LogP contribution is -2.16. The zero-order valence-corrected chi connectivity index (χ0v) is 13.7. The van der Waals surface area contributed by atoms with Crippen LogP contribution < -0.4 is 5.32 Å². The minimum absolute atomic E-state index is 0.0510. The number of benzene rings is 1. The van der Waals surface area contributed by atoms with Crippen LogP contribution in [-0.2, 0) is 13.6 Å². The molecule has 1 amide bonds. The number of hydrogen-bond acceptors (Lipinski definition) is 5. The molecule has 0 aliphatic rings. The third kappa shape index (κ3) is 3.71. The maximum Gasteiger partial charge on any atom is 0.357 e. The summed E-state index contributed by atoms with van der Waals surface area (Å²) in [4.78, 5) is 27.4. The molecule has 1 aromatic carbocycles. The second-order valence-electron chi connectivity index (χ2n) is 5.58. The number of nitrogens with one attached hydrogen (secondary N) is 1. The Bertz CT molecular complexity index is 926. The molecule has 0 radical (unpaired) electrons. The molecule has 0 atom stereocenters. The third-order valence-electron chi connectivity index (χ3n) is 3.50. The van der Waals surface area contributed by atoms with Gasteiger partial charge in [0, 0.05) is 13.2 Å². The van der Waals surface area contributed by atoms with Gasteiger partial charge in [-0.25, -0.2) is 14.5 Å². The Balaban J connectivity index is 1.72. The van der Waals surface area contributed by atoms with Crippen molar-refractivity contribution in [3.8, 4) is 0 Å². The van der Waals surface area contributed by atoms with Crippen LogP contribution in [0.25, 0.3) is 0 Å². The van der Waals surface area contributed by atoms with E-state index in [4.69, 9.17) is 5.11 Å². The molecule has 0 spiro atoms. The van der Waals surface area contributed by atoms with Gasteiger partial charge in [0.2, 0.25) is 5.95 Å². The number of rotatable bonds is 5. The van der Waals surface area contributed by atoms with Crippen molar-refractivity contribution >= 4 is 17.8 Å². The number of carbonyl (C=O) groups is 2. The summed E-state index contributed by atoms with van der Waals surface area (Å²) in [7, 11) is 1.54. The van der Waals surface area contributed by atoms with Crippen molar-refractivity contribution in [3.63, 3.8) is 0 Å². The van der Waals surface area contributed by atoms with Gasteiger partial charge in [0.1, 0.15) is 6.33 Å². The van der Waals surface area contributed by atoms with E-state index in [1.807, 2.05) is 31.2 Å². The van der Waals surface area contributed by atoms with E-state index in [0.717, 1.165) is 5.56 Å². The fourth-order valence-electron chi connectivity index (χ4n) is 2.29. The molecule has 0 fully saturated rings. The molecule has 9 heteroatoms. The van der Waals surface area contributed by atoms with Gasteiger partial charge < -0.3 is 5.11 Å². The lowest BCUT2D eigenvalue weighted by atomic mass is 10.1. The first-order valence-corrected chi connectivity index (χ1v) is 7.45. The molecule has 2 aromatic heterocycles. The van der Waals surface area contributed by atoms with E-state index < -0.39 is 11.9 Å². The minimum Gasteiger partial charge on any atom is -0.476 e. The summed E-state index contributed by atoms with van der Waals surface area (Å²) in [6.45, 7) is 2.52. The topological polar surface area (TPSA) is 115 Å². The van der Waals surface area contributed by atoms with E-state index >= 15 is 0 Å². The van der Waals surface area contributed by atoms with Crippen LogP contribution in [-0.4, -0.2) is 41.5 Å². The number of hydrogen-bond donors (Lipinski definition) is 2. The average Bonchev–Trinajstić information content (AvgIpc) is 3.16. The Hall–Kier alpha value is -3.49. The zero-order chi connectivity index (χ0) is 18.0. The molecule has 0 unspecified atom stereocenters. The van der Waals surface area contributed by atoms with Gasteiger partial charge in [-0.15, -0.1) is 5.10 Å². The smallest absolute Gasteiger partial charge is 0.357 e. The highest BCUT2D eigenvalue weighted by Gasteiger charge is 2.21. The van der Waals surface area contributed by atoms with E-state index in [-0.39, 0.29) is 17.2 Å². The normalized spacial score (nSPS) is 10.6. The molecular weight excluding hydrogens is 324 g/mol. The van der Waals surface area contributed by atoms with Gasteiger partial charge >= 0.3 is 5.97 Å². The summed E-state index contributed by atoms with van der Waals surface area (Å²) in [5.41, 5.74) is 1.85. The highest BCUT2D eigenvalue weighted by molar-refractivity contribution is 6.09. The molecule has 3 rings (SSSR count). The zero-order valence-electron chi connectivity index (χ0n) is 13.7. The van der Waals surface area contributed by atoms with Crippen molar-refractivity contribution in [2.24, 2.45) is 7.05 Å². The molecule has 2 N–H and O–H groups in total. The van der Waals surface area contributed by atoms with E-state index in [1.54, 1.807) is 4.68 Å². The Morgan fingerprint density at radius 2 is 1.92 bits per heavy atom. The lowest BCUT2D eigenvalue weighted by Gasteiger charge is -2.02. The maximum atomic E-state index is 12.2. The highest BCUT2D eigenvalue weighted by atomic mass is 16.4. The Kier molecular flexibility index (Phi) is 4.29. The van der Waals surface area contributed by atoms with Gasteiger partial charge in [-0.2, -0.15) is 5.10 Å². The molecular formula is C16H16N6O3. The number of carboxylic acids is 1. The summed E-state index contributed by atoms with van der Waals surface area (Å²) in [5.74, 6) is -1.81. The maximum absolute atomic E-state index is 12.2. The molecule has 3 aromatic rings. The highest BCUT2D eigenvalue weighted by Crippen LogP contribution is 2.10. The van der Waals surface area contributed by atoms with Crippen molar-refractivity contribution in [1.82, 2.24) is 24.5 Å². The van der Waals surface area contributed by atoms with Gasteiger partial charge in [-0.1, -0.05) is 29.8 Å². The lowest BCUT2D eigenvalue weighted by molar-refractivity contribution is 0.0685. The van der Waals surface area contributed by atoms with Crippen molar-refractivity contribution in [2.75, 3.05) is 5.32 Å². The number of aryl methyl sites for hydroxylation is 2. The Labute approximate surface area is 142 Å². The number of aromatic nitrogens is 5. The molecule has 0 aliphatic heterocycles. The Morgan fingerprint density at radius 1 is 1.20 bits per heavy atom. The van der Waals surface area contributed by atoms with Crippen LogP contribution in [0.4, 0.5) is 5.95 Å². The molecule has 0 saturated heterocycles. The summed E-state index contributed by atoms with van der Waals surface area (Å²) in [6.07, 6.45) is 2.83. The largest absolute Gasteiger partial charge is 0.476 e. The number of aromatic carboxylic acids is 1. The van der Waals surface area contributed by atoms with Crippen LogP contribution in [0.2, 0.25) is 0 Å². The quantitative estimate of drug-likeness (QED) is 0.724. The van der Waals surface area contributed by atoms with Crippen LogP contribution >= 0.6 is 0 Å². The molecule has 25 heavy (non-hydrogen) atoms. The number of anilines is 1. The van der Waals surface area contributed by atoms with E-state index in [2.05, 4.69) is 20.5 Å². The fourth-order valence-corrected chi connectivity index (χ4v) is 2.29. The van der Waals surface area contributed by atoms with E-state index in [9.17, 15) is 9.59 Å². The second kappa shape index (κ2) is 6.56. The first kappa shape index (κ1) is 16.4. The average molecular weight is 340 g/mol. The predicted octanol–water partition coefficient (Wildman–Crippen LogP) is 1.32. The first-order valence-electron chi connectivity index (χ1n) is 7.45. The number of carboxylic acid groups (broad SMARTS) is 1. The number of carbonyl (C=O) groups excluding carboxylic acids is 1. The summed E-state index contributed by atoms with van der Waals surface area (Å²) in [6, 6.07) is 7.99. The monoisotopic (exact) mass is 340 g/mol. The number of nitrogens with zero attached hydrogens (tertiary/aromatic N) is 5. The van der Waals surface area contributed by atoms with Crippen LogP contribution in [0.1, 0.15) is 32.0 Å². The van der Waals surface area contributed by atoms with Gasteiger partial charge in [0.25, 0.3) is 5.91 Å². The van der Waals surface area contributed by atoms with Crippen molar-refractivity contribution in [2.45, 2.75) is 13.5 Å². The molecule has 9 nitrogen and oxygen atoms in total. The second-order valence-corrected chi connectivity index (χ2v) is 5.58. The molecule has 2 heterocycles. The SMILES string of the molecule is Cc1ccc(Cn2cnc(NC(=O)c3cn(C)nc3C(=O)O)n2)cc1. The van der Waals surface area contributed by atoms with Gasteiger partial charge in [-0.3, -0.25) is 14.8 Å². The molecule has 0 saturated carbocycles. The van der Waals surface area contributed by atoms with Crippen LogP contribution in [0, 0.1) is 6.92 Å². The van der Waals surface area contributed by atoms with Crippen LogP contribution in [0.5, 0.6) is 0 Å². The fraction of sp³-hybridized carbons (Fsp3) is 0.188. The standard InChI is InChI=1S/C16H16N6O3/c1-10-3-5-11(6-4-10)7-22-9-17-16(20-22)18-14(23)12-8-21(2)19-13(12)15(24)25/h3-6,8-9H,7H2,1-2H3,(H,24,25)(H,18,20,23). The van der Waals surface area contributed by atoms with Crippen LogP contribution in [0.3, 0.4) is 0 Å². The molecule has 128 valence electrons. The summed E-state index contributed by atoms with van der Waals surface area (Å²) < 4.78 is 2.85. The van der Waals surface area contributed by atoms with E-state index in [0.29, 0.717) is 6.54 Å². The van der Waals surface area contributed by atoms with Crippen molar-refractivity contribution in [3.05, 3.63) is 59.2 Å². The minimum atomic E-state index is -1.27. The van der Waals surface area contributed by atoms with E-state index in [1.165, 1.54) is 29.8 Å². The Morgan fingerprint density at radius 3 is 2.60 bits per heavy atom. The summed E-state index contributed by atoms with van der Waals surface area (Å²) >= 11 is 0. The number of amides is 1. The predicted molar refractivity (Wildman–Crippen MR) is 88.4 cm³/mol. The molecule has 0 bridgehead atoms. The molecule has 0 aliphatic carbocycles. The van der Waals surface area contributed by atoms with Gasteiger partial charge in [0.15, 0.2) is 5.69 Å². The van der Waals surface area contributed by atoms with Crippen LogP contribution in [0.15, 0.2) is 36.8 Å². The van der Waals surface area contributed by atoms with Gasteiger partial charge in [0.05, 0.1) is 12.1 Å². The first-order chi connectivity index (χ1) is 11.9. The third-order valence-corrected chi connectivity index (χ3v) is 3.50.